The van der Waals surface area contributed by atoms with Gasteiger partial charge in [-0.05, 0) is 25.2 Å². The van der Waals surface area contributed by atoms with E-state index in [1.165, 1.54) is 50.2 Å². The van der Waals surface area contributed by atoms with Crippen molar-refractivity contribution in [2.45, 2.75) is 25.7 Å². The monoisotopic (exact) mass is 180 g/mol. The standard InChI is InChI=1S/C6H15P3/c1-2-4-6-8-9-7-5-3-1/h7-9H,1-6H2. The minimum Gasteiger partial charge on any atom is -0.0950 e. The van der Waals surface area contributed by atoms with Gasteiger partial charge in [-0.15, -0.1) is 0 Å². The Balaban J connectivity index is 2.02. The van der Waals surface area contributed by atoms with Crippen molar-refractivity contribution in [3.63, 3.8) is 0 Å². The maximum atomic E-state index is 1.55. The molecule has 2 atom stereocenters. The molecule has 0 aromatic rings. The molecule has 0 aliphatic carbocycles. The summed E-state index contributed by atoms with van der Waals surface area (Å²) in [5.41, 5.74) is 0. The van der Waals surface area contributed by atoms with Gasteiger partial charge >= 0.3 is 0 Å². The van der Waals surface area contributed by atoms with Crippen molar-refractivity contribution in [3.8, 4) is 0 Å². The second-order valence-corrected chi connectivity index (χ2v) is 9.47. The quantitative estimate of drug-likeness (QED) is 0.501. The summed E-state index contributed by atoms with van der Waals surface area (Å²) in [6.07, 6.45) is 9.17. The van der Waals surface area contributed by atoms with Crippen LogP contribution < -0.4 is 0 Å². The normalized spacial score (nSPS) is 32.0. The second-order valence-electron chi connectivity index (χ2n) is 2.39. The summed E-state index contributed by atoms with van der Waals surface area (Å²) in [5, 5.41) is 0. The molecule has 3 heteroatoms. The highest BCUT2D eigenvalue weighted by Crippen LogP contribution is 2.53. The lowest BCUT2D eigenvalue weighted by molar-refractivity contribution is 0.711. The molecule has 54 valence electrons. The fraction of sp³-hybridized carbons (Fsp3) is 1.00. The summed E-state index contributed by atoms with van der Waals surface area (Å²) in [6, 6.07) is 0. The van der Waals surface area contributed by atoms with Gasteiger partial charge in [-0.25, -0.2) is 0 Å². The minimum atomic E-state index is 1.33. The van der Waals surface area contributed by atoms with E-state index in [9.17, 15) is 0 Å². The van der Waals surface area contributed by atoms with Crippen molar-refractivity contribution in [3.05, 3.63) is 0 Å². The summed E-state index contributed by atoms with van der Waals surface area (Å²) in [7, 11) is 3.99. The number of hydrogen-bond donors (Lipinski definition) is 0. The Labute approximate surface area is 63.1 Å². The van der Waals surface area contributed by atoms with Gasteiger partial charge in [0.2, 0.25) is 0 Å². The van der Waals surface area contributed by atoms with Gasteiger partial charge in [0, 0.05) is 0 Å². The van der Waals surface area contributed by atoms with Crippen LogP contribution in [0.3, 0.4) is 0 Å². The van der Waals surface area contributed by atoms with Gasteiger partial charge in [-0.1, -0.05) is 37.3 Å². The molecule has 0 N–H and O–H groups in total. The molecule has 0 aromatic carbocycles. The molecule has 0 nitrogen and oxygen atoms in total. The van der Waals surface area contributed by atoms with Gasteiger partial charge in [0.25, 0.3) is 0 Å². The van der Waals surface area contributed by atoms with Gasteiger partial charge < -0.3 is 0 Å². The zero-order valence-corrected chi connectivity index (χ0v) is 8.74. The highest BCUT2D eigenvalue weighted by molar-refractivity contribution is 8.43. The molecule has 9 heavy (non-hydrogen) atoms. The summed E-state index contributed by atoms with van der Waals surface area (Å²) >= 11 is 0. The summed E-state index contributed by atoms with van der Waals surface area (Å²) in [5.74, 6) is 0. The fourth-order valence-corrected chi connectivity index (χ4v) is 7.76. The smallest absolute Gasteiger partial charge is 0.0314 e. The van der Waals surface area contributed by atoms with Crippen molar-refractivity contribution in [1.29, 1.82) is 0 Å². The Bertz CT molecular complexity index is 36.8. The third kappa shape index (κ3) is 4.66. The first-order valence-corrected chi connectivity index (χ1v) is 9.12. The molecular weight excluding hydrogens is 165 g/mol. The molecule has 0 radical (unpaired) electrons. The molecule has 0 amide bonds. The first-order valence-electron chi connectivity index (χ1n) is 3.71. The van der Waals surface area contributed by atoms with E-state index in [0.29, 0.717) is 0 Å². The topological polar surface area (TPSA) is 0 Å². The van der Waals surface area contributed by atoms with Crippen LogP contribution >= 0.6 is 24.5 Å². The third-order valence-corrected chi connectivity index (χ3v) is 8.83. The first kappa shape index (κ1) is 8.39. The Morgan fingerprint density at radius 3 is 1.78 bits per heavy atom. The van der Waals surface area contributed by atoms with E-state index in [2.05, 4.69) is 0 Å². The van der Waals surface area contributed by atoms with E-state index < -0.39 is 0 Å². The zero-order valence-electron chi connectivity index (χ0n) is 5.74. The van der Waals surface area contributed by atoms with Crippen molar-refractivity contribution in [2.75, 3.05) is 12.3 Å². The van der Waals surface area contributed by atoms with E-state index in [-0.39, 0.29) is 0 Å². The van der Waals surface area contributed by atoms with Crippen molar-refractivity contribution in [1.82, 2.24) is 0 Å². The predicted molar refractivity (Wildman–Crippen MR) is 53.1 cm³/mol. The van der Waals surface area contributed by atoms with E-state index in [1.54, 1.807) is 12.3 Å². The Hall–Kier alpha value is 1.29. The largest absolute Gasteiger partial charge is 0.0950 e. The molecule has 0 bridgehead atoms. The SMILES string of the molecule is C1CCCPPPCC1. The lowest BCUT2D eigenvalue weighted by atomic mass is 10.2. The van der Waals surface area contributed by atoms with E-state index in [1.807, 2.05) is 0 Å². The van der Waals surface area contributed by atoms with Gasteiger partial charge in [0.1, 0.15) is 0 Å². The molecule has 0 aromatic heterocycles. The molecule has 1 aliphatic rings. The predicted octanol–water partition coefficient (Wildman–Crippen LogP) is 3.43. The summed E-state index contributed by atoms with van der Waals surface area (Å²) in [6.45, 7) is 0. The van der Waals surface area contributed by atoms with E-state index in [0.717, 1.165) is 0 Å². The van der Waals surface area contributed by atoms with Gasteiger partial charge in [-0.3, -0.25) is 0 Å². The van der Waals surface area contributed by atoms with Crippen molar-refractivity contribution in [2.24, 2.45) is 0 Å². The molecular formula is C6H15P3. The molecule has 1 heterocycles. The van der Waals surface area contributed by atoms with Crippen LogP contribution in [0.15, 0.2) is 0 Å². The fourth-order valence-electron chi connectivity index (χ4n) is 0.968. The van der Waals surface area contributed by atoms with E-state index in [4.69, 9.17) is 0 Å². The van der Waals surface area contributed by atoms with Crippen molar-refractivity contribution >= 4 is 24.5 Å². The van der Waals surface area contributed by atoms with Crippen LogP contribution in [-0.2, 0) is 0 Å². The highest BCUT2D eigenvalue weighted by Gasteiger charge is 1.95. The maximum Gasteiger partial charge on any atom is -0.0314 e. The van der Waals surface area contributed by atoms with Gasteiger partial charge in [0.05, 0.1) is 0 Å². The van der Waals surface area contributed by atoms with Crippen LogP contribution in [0.5, 0.6) is 0 Å². The number of rotatable bonds is 0. The van der Waals surface area contributed by atoms with Crippen molar-refractivity contribution < 1.29 is 0 Å². The lowest BCUT2D eigenvalue weighted by Crippen LogP contribution is -1.78. The van der Waals surface area contributed by atoms with Gasteiger partial charge in [-0.2, -0.15) is 0 Å². The van der Waals surface area contributed by atoms with Crippen LogP contribution in [0.2, 0.25) is 0 Å². The Morgan fingerprint density at radius 1 is 0.667 bits per heavy atom. The third-order valence-electron chi connectivity index (χ3n) is 1.53. The van der Waals surface area contributed by atoms with Crippen LogP contribution in [0.4, 0.5) is 0 Å². The second kappa shape index (κ2) is 6.03. The van der Waals surface area contributed by atoms with Gasteiger partial charge in [0.15, 0.2) is 0 Å². The molecule has 1 fully saturated rings. The molecule has 1 rings (SSSR count). The first-order chi connectivity index (χ1) is 4.50. The summed E-state index contributed by atoms with van der Waals surface area (Å²) < 4.78 is 0. The highest BCUT2D eigenvalue weighted by atomic mass is 32.4. The van der Waals surface area contributed by atoms with Crippen LogP contribution in [0.25, 0.3) is 0 Å². The van der Waals surface area contributed by atoms with Crippen LogP contribution in [-0.4, -0.2) is 12.3 Å². The lowest BCUT2D eigenvalue weighted by Gasteiger charge is -1.95. The molecule has 2 unspecified atom stereocenters. The molecule has 0 saturated carbocycles. The van der Waals surface area contributed by atoms with E-state index >= 15 is 0 Å². The average Bonchev–Trinajstić information content (AvgIpc) is 2.00. The minimum absolute atomic E-state index is 1.33. The Morgan fingerprint density at radius 2 is 1.22 bits per heavy atom. The zero-order chi connectivity index (χ0) is 6.36. The molecule has 0 spiro atoms. The summed E-state index contributed by atoms with van der Waals surface area (Å²) in [4.78, 5) is 0. The molecule has 1 saturated heterocycles. The van der Waals surface area contributed by atoms with Crippen LogP contribution in [0, 0.1) is 0 Å². The Kier molecular flexibility index (Phi) is 5.62. The number of hydrogen-bond acceptors (Lipinski definition) is 0. The maximum absolute atomic E-state index is 1.55. The molecule has 1 aliphatic heterocycles. The average molecular weight is 180 g/mol. The van der Waals surface area contributed by atoms with Crippen LogP contribution in [0.1, 0.15) is 25.7 Å².